The predicted octanol–water partition coefficient (Wildman–Crippen LogP) is 6.28. The van der Waals surface area contributed by atoms with E-state index in [1.54, 1.807) is 0 Å². The van der Waals surface area contributed by atoms with Crippen molar-refractivity contribution in [1.29, 1.82) is 0 Å². The maximum absolute atomic E-state index is 6.30. The van der Waals surface area contributed by atoms with Gasteiger partial charge in [-0.3, -0.25) is 4.99 Å². The Morgan fingerprint density at radius 2 is 2.04 bits per heavy atom. The summed E-state index contributed by atoms with van der Waals surface area (Å²) in [6.07, 6.45) is 8.67. The second-order valence-electron chi connectivity index (χ2n) is 6.34. The molecule has 2 nitrogen and oxygen atoms in total. The Balaban J connectivity index is 0.00000109. The minimum Gasteiger partial charge on any atom is -0.364 e. The fraction of sp³-hybridized carbons (Fsp3) is 0.500. The minimum absolute atomic E-state index is 0.132. The zero-order chi connectivity index (χ0) is 18.4. The van der Waals surface area contributed by atoms with E-state index in [2.05, 4.69) is 43.1 Å². The predicted molar refractivity (Wildman–Crippen MR) is 110 cm³/mol. The van der Waals surface area contributed by atoms with Crippen molar-refractivity contribution >= 4 is 22.9 Å². The minimum atomic E-state index is -0.132. The number of benzene rings is 1. The summed E-state index contributed by atoms with van der Waals surface area (Å²) in [5.74, 6) is 0. The number of hydrogen-bond donors (Lipinski definition) is 0. The van der Waals surface area contributed by atoms with Crippen molar-refractivity contribution in [3.05, 3.63) is 52.1 Å². The van der Waals surface area contributed by atoms with Crippen molar-refractivity contribution in [1.82, 2.24) is 0 Å². The monoisotopic (exact) mass is 359 g/mol. The Labute approximate surface area is 157 Å². The molecule has 25 heavy (non-hydrogen) atoms. The molecule has 0 aromatic heterocycles. The first-order valence-corrected chi connectivity index (χ1v) is 9.78. The molecular formula is C22H30ClNO. The van der Waals surface area contributed by atoms with Crippen molar-refractivity contribution in [2.75, 3.05) is 13.7 Å². The van der Waals surface area contributed by atoms with Gasteiger partial charge in [0.15, 0.2) is 0 Å². The number of hydrogen-bond acceptors (Lipinski definition) is 2. The molecule has 1 aromatic rings. The molecule has 0 saturated carbocycles. The highest BCUT2D eigenvalue weighted by atomic mass is 35.5. The van der Waals surface area contributed by atoms with Crippen LogP contribution in [0.25, 0.3) is 5.57 Å². The van der Waals surface area contributed by atoms with E-state index in [4.69, 9.17) is 16.3 Å². The largest absolute Gasteiger partial charge is 0.364 e. The second-order valence-corrected chi connectivity index (χ2v) is 6.77. The standard InChI is InChI=1S/C20H24ClNO.C2H6/c1-4-6-9-20(13-23-20)18-10-14(5-2)19(22-3)11-15-7-8-16(21)12-17(15)18;1-2/h5,7-8,10,12H,4,6,9,11,13H2,1-3H3;1-2H3/b14-5-,22-19?;. The maximum Gasteiger partial charge on any atom is 0.117 e. The molecule has 1 saturated heterocycles. The van der Waals surface area contributed by atoms with Gasteiger partial charge in [-0.05, 0) is 53.8 Å². The summed E-state index contributed by atoms with van der Waals surface area (Å²) in [4.78, 5) is 4.51. The van der Waals surface area contributed by atoms with Crippen molar-refractivity contribution in [2.45, 2.75) is 59.0 Å². The van der Waals surface area contributed by atoms with E-state index in [0.29, 0.717) is 0 Å². The quantitative estimate of drug-likeness (QED) is 0.580. The van der Waals surface area contributed by atoms with Gasteiger partial charge in [0.2, 0.25) is 0 Å². The van der Waals surface area contributed by atoms with Crippen molar-refractivity contribution in [2.24, 2.45) is 4.99 Å². The second kappa shape index (κ2) is 8.82. The van der Waals surface area contributed by atoms with Gasteiger partial charge in [0, 0.05) is 24.2 Å². The fourth-order valence-corrected chi connectivity index (χ4v) is 3.54. The Morgan fingerprint density at radius 3 is 2.60 bits per heavy atom. The molecule has 0 radical (unpaired) electrons. The lowest BCUT2D eigenvalue weighted by molar-refractivity contribution is 0.339. The summed E-state index contributed by atoms with van der Waals surface area (Å²) in [5.41, 5.74) is 5.97. The molecule has 0 bridgehead atoms. The van der Waals surface area contributed by atoms with Crippen LogP contribution in [0.3, 0.4) is 0 Å². The molecule has 1 aromatic carbocycles. The van der Waals surface area contributed by atoms with Crippen LogP contribution >= 0.6 is 11.6 Å². The summed E-state index contributed by atoms with van der Waals surface area (Å²) >= 11 is 6.30. The van der Waals surface area contributed by atoms with Crippen LogP contribution in [0.5, 0.6) is 0 Å². The number of epoxide rings is 1. The van der Waals surface area contributed by atoms with Crippen molar-refractivity contribution < 1.29 is 4.74 Å². The number of unbranched alkanes of at least 4 members (excludes halogenated alkanes) is 1. The number of fused-ring (bicyclic) bond motifs is 1. The molecule has 0 spiro atoms. The van der Waals surface area contributed by atoms with E-state index in [1.807, 2.05) is 27.0 Å². The Morgan fingerprint density at radius 1 is 1.32 bits per heavy atom. The van der Waals surface area contributed by atoms with Gasteiger partial charge in [0.05, 0.1) is 6.61 Å². The third kappa shape index (κ3) is 4.24. The molecule has 1 aliphatic heterocycles. The Hall–Kier alpha value is -1.38. The van der Waals surface area contributed by atoms with Gasteiger partial charge in [0.25, 0.3) is 0 Å². The zero-order valence-corrected chi connectivity index (χ0v) is 16.9. The third-order valence-corrected chi connectivity index (χ3v) is 5.09. The molecular weight excluding hydrogens is 330 g/mol. The molecule has 1 unspecified atom stereocenters. The number of nitrogens with zero attached hydrogens (tertiary/aromatic N) is 1. The summed E-state index contributed by atoms with van der Waals surface area (Å²) in [5, 5.41) is 0.778. The van der Waals surface area contributed by atoms with Gasteiger partial charge in [-0.25, -0.2) is 0 Å². The number of halogens is 1. The van der Waals surface area contributed by atoms with E-state index in [0.717, 1.165) is 30.2 Å². The Kier molecular flexibility index (Phi) is 7.04. The molecule has 136 valence electrons. The molecule has 1 atom stereocenters. The molecule has 3 rings (SSSR count). The average Bonchev–Trinajstić information content (AvgIpc) is 3.44. The van der Waals surface area contributed by atoms with Gasteiger partial charge in [-0.1, -0.05) is 57.4 Å². The first-order chi connectivity index (χ1) is 12.1. The van der Waals surface area contributed by atoms with Crippen LogP contribution in [-0.4, -0.2) is 25.0 Å². The number of allylic oxidation sites excluding steroid dienone is 3. The molecule has 1 heterocycles. The van der Waals surface area contributed by atoms with Crippen LogP contribution in [0.4, 0.5) is 0 Å². The van der Waals surface area contributed by atoms with Crippen LogP contribution in [0.2, 0.25) is 5.02 Å². The number of ether oxygens (including phenoxy) is 1. The first kappa shape index (κ1) is 19.9. The van der Waals surface area contributed by atoms with Crippen molar-refractivity contribution in [3.8, 4) is 0 Å². The van der Waals surface area contributed by atoms with Gasteiger partial charge in [-0.2, -0.15) is 0 Å². The SMILES string of the molecule is C/C=C1/C=C(C2(CCCC)CO2)c2cc(Cl)ccc2CC1=NC.CC. The highest BCUT2D eigenvalue weighted by Gasteiger charge is 2.48. The highest BCUT2D eigenvalue weighted by Crippen LogP contribution is 2.47. The van der Waals surface area contributed by atoms with E-state index in [1.165, 1.54) is 35.1 Å². The summed E-state index contributed by atoms with van der Waals surface area (Å²) in [6, 6.07) is 6.19. The number of aliphatic imine (C=N–C) groups is 1. The molecule has 0 N–H and O–H groups in total. The van der Waals surface area contributed by atoms with Gasteiger partial charge >= 0.3 is 0 Å². The van der Waals surface area contributed by atoms with Gasteiger partial charge in [0.1, 0.15) is 5.60 Å². The third-order valence-electron chi connectivity index (χ3n) is 4.85. The zero-order valence-electron chi connectivity index (χ0n) is 16.2. The van der Waals surface area contributed by atoms with E-state index < -0.39 is 0 Å². The molecule has 1 fully saturated rings. The smallest absolute Gasteiger partial charge is 0.117 e. The molecule has 0 amide bonds. The lowest BCUT2D eigenvalue weighted by Gasteiger charge is -2.18. The van der Waals surface area contributed by atoms with E-state index in [-0.39, 0.29) is 5.60 Å². The van der Waals surface area contributed by atoms with Crippen LogP contribution < -0.4 is 0 Å². The summed E-state index contributed by atoms with van der Waals surface area (Å²) in [6.45, 7) is 9.10. The van der Waals surface area contributed by atoms with Crippen LogP contribution in [0.15, 0.2) is 40.9 Å². The highest BCUT2D eigenvalue weighted by molar-refractivity contribution is 6.30. The molecule has 3 heteroatoms. The lowest BCUT2D eigenvalue weighted by Crippen LogP contribution is -2.14. The van der Waals surface area contributed by atoms with Crippen LogP contribution in [0, 0.1) is 0 Å². The van der Waals surface area contributed by atoms with Crippen LogP contribution in [-0.2, 0) is 11.2 Å². The fourth-order valence-electron chi connectivity index (χ4n) is 3.37. The van der Waals surface area contributed by atoms with E-state index in [9.17, 15) is 0 Å². The van der Waals surface area contributed by atoms with Crippen LogP contribution in [0.1, 0.15) is 58.1 Å². The maximum atomic E-state index is 6.30. The van der Waals surface area contributed by atoms with E-state index >= 15 is 0 Å². The first-order valence-electron chi connectivity index (χ1n) is 9.41. The topological polar surface area (TPSA) is 24.9 Å². The lowest BCUT2D eigenvalue weighted by atomic mass is 9.86. The van der Waals surface area contributed by atoms with Crippen molar-refractivity contribution in [3.63, 3.8) is 0 Å². The number of rotatable bonds is 4. The summed E-state index contributed by atoms with van der Waals surface area (Å²) < 4.78 is 5.97. The normalized spacial score (nSPS) is 25.0. The Bertz CT molecular complexity index is 696. The molecule has 1 aliphatic carbocycles. The van der Waals surface area contributed by atoms with Gasteiger partial charge in [-0.15, -0.1) is 0 Å². The van der Waals surface area contributed by atoms with Gasteiger partial charge < -0.3 is 4.74 Å². The molecule has 2 aliphatic rings. The average molecular weight is 360 g/mol. The summed E-state index contributed by atoms with van der Waals surface area (Å²) in [7, 11) is 1.87.